The molecule has 14 heavy (non-hydrogen) atoms. The molecule has 0 spiro atoms. The average molecular weight is 205 g/mol. The molecule has 0 aromatic rings. The Bertz CT molecular complexity index is 194. The van der Waals surface area contributed by atoms with Crippen LogP contribution in [0.2, 0.25) is 0 Å². The van der Waals surface area contributed by atoms with E-state index in [4.69, 9.17) is 15.9 Å². The average Bonchev–Trinajstić information content (AvgIpc) is 2.11. The standard InChI is InChI=1S/C8H15NO5/c9-3-1-2-4-14-8(13)6(10)5-7(11)12/h6,10H,1-5,9H2,(H,11,12)/t6-/m1/s1. The van der Waals surface area contributed by atoms with Crippen molar-refractivity contribution in [3.05, 3.63) is 0 Å². The molecule has 82 valence electrons. The van der Waals surface area contributed by atoms with Gasteiger partial charge in [-0.05, 0) is 19.4 Å². The lowest BCUT2D eigenvalue weighted by Crippen LogP contribution is -2.26. The summed E-state index contributed by atoms with van der Waals surface area (Å²) in [6.07, 6.45) is -0.870. The van der Waals surface area contributed by atoms with Crippen LogP contribution in [-0.2, 0) is 14.3 Å². The van der Waals surface area contributed by atoms with Gasteiger partial charge >= 0.3 is 11.9 Å². The zero-order valence-corrected chi connectivity index (χ0v) is 7.81. The van der Waals surface area contributed by atoms with Gasteiger partial charge in [0, 0.05) is 0 Å². The highest BCUT2D eigenvalue weighted by atomic mass is 16.5. The van der Waals surface area contributed by atoms with Crippen molar-refractivity contribution in [2.75, 3.05) is 13.2 Å². The van der Waals surface area contributed by atoms with E-state index in [2.05, 4.69) is 4.74 Å². The summed E-state index contributed by atoms with van der Waals surface area (Å²) >= 11 is 0. The molecule has 0 fully saturated rings. The topological polar surface area (TPSA) is 110 Å². The number of ether oxygens (including phenoxy) is 1. The highest BCUT2D eigenvalue weighted by Crippen LogP contribution is 1.97. The number of hydrogen-bond acceptors (Lipinski definition) is 5. The fourth-order valence-corrected chi connectivity index (χ4v) is 0.764. The first kappa shape index (κ1) is 12.9. The molecule has 0 amide bonds. The third-order valence-electron chi connectivity index (χ3n) is 1.48. The minimum atomic E-state index is -1.58. The number of aliphatic carboxylic acids is 1. The minimum absolute atomic E-state index is 0.159. The summed E-state index contributed by atoms with van der Waals surface area (Å²) in [5.74, 6) is -2.14. The van der Waals surface area contributed by atoms with Crippen molar-refractivity contribution in [2.24, 2.45) is 5.73 Å². The predicted octanol–water partition coefficient (Wildman–Crippen LogP) is -0.896. The van der Waals surface area contributed by atoms with Crippen LogP contribution in [0.5, 0.6) is 0 Å². The monoisotopic (exact) mass is 205 g/mol. The number of aliphatic hydroxyl groups is 1. The normalized spacial score (nSPS) is 12.1. The highest BCUT2D eigenvalue weighted by Gasteiger charge is 2.19. The van der Waals surface area contributed by atoms with Crippen LogP contribution >= 0.6 is 0 Å². The predicted molar refractivity (Wildman–Crippen MR) is 47.5 cm³/mol. The molecule has 4 N–H and O–H groups in total. The molecule has 0 bridgehead atoms. The second-order valence-electron chi connectivity index (χ2n) is 2.78. The van der Waals surface area contributed by atoms with Gasteiger partial charge in [0.2, 0.25) is 0 Å². The fraction of sp³-hybridized carbons (Fsp3) is 0.750. The Morgan fingerprint density at radius 1 is 1.36 bits per heavy atom. The summed E-state index contributed by atoms with van der Waals surface area (Å²) in [4.78, 5) is 21.0. The maximum absolute atomic E-state index is 10.9. The van der Waals surface area contributed by atoms with Gasteiger partial charge in [0.15, 0.2) is 6.10 Å². The summed E-state index contributed by atoms with van der Waals surface area (Å²) in [7, 11) is 0. The van der Waals surface area contributed by atoms with Crippen molar-refractivity contribution in [3.8, 4) is 0 Å². The summed E-state index contributed by atoms with van der Waals surface area (Å²) in [6.45, 7) is 0.669. The quantitative estimate of drug-likeness (QED) is 0.367. The number of esters is 1. The van der Waals surface area contributed by atoms with Crippen LogP contribution < -0.4 is 5.73 Å². The smallest absolute Gasteiger partial charge is 0.335 e. The highest BCUT2D eigenvalue weighted by molar-refractivity contribution is 5.80. The van der Waals surface area contributed by atoms with Crippen molar-refractivity contribution >= 4 is 11.9 Å². The first-order valence-electron chi connectivity index (χ1n) is 4.34. The largest absolute Gasteiger partial charge is 0.481 e. The summed E-state index contributed by atoms with van der Waals surface area (Å²) in [5, 5.41) is 17.2. The first-order valence-corrected chi connectivity index (χ1v) is 4.34. The number of carbonyl (C=O) groups is 2. The third kappa shape index (κ3) is 6.38. The van der Waals surface area contributed by atoms with Crippen molar-refractivity contribution in [1.29, 1.82) is 0 Å². The lowest BCUT2D eigenvalue weighted by Gasteiger charge is -2.07. The summed E-state index contributed by atoms with van der Waals surface area (Å²) < 4.78 is 4.60. The van der Waals surface area contributed by atoms with Crippen LogP contribution in [0, 0.1) is 0 Å². The van der Waals surface area contributed by atoms with Gasteiger partial charge < -0.3 is 20.7 Å². The molecule has 0 aromatic carbocycles. The zero-order chi connectivity index (χ0) is 11.0. The molecular formula is C8H15NO5. The number of nitrogens with two attached hydrogens (primary N) is 1. The molecule has 0 aromatic heterocycles. The minimum Gasteiger partial charge on any atom is -0.481 e. The van der Waals surface area contributed by atoms with Crippen LogP contribution in [0.3, 0.4) is 0 Å². The molecule has 0 unspecified atom stereocenters. The Hall–Kier alpha value is -1.14. The van der Waals surface area contributed by atoms with Crippen LogP contribution in [0.1, 0.15) is 19.3 Å². The Kier molecular flexibility index (Phi) is 6.69. The van der Waals surface area contributed by atoms with Gasteiger partial charge in [-0.3, -0.25) is 4.79 Å². The molecule has 0 aliphatic heterocycles. The molecule has 0 saturated heterocycles. The second-order valence-corrected chi connectivity index (χ2v) is 2.78. The van der Waals surface area contributed by atoms with E-state index >= 15 is 0 Å². The van der Waals surface area contributed by atoms with Gasteiger partial charge in [0.25, 0.3) is 0 Å². The number of aliphatic hydroxyl groups excluding tert-OH is 1. The van der Waals surface area contributed by atoms with Gasteiger partial charge in [-0.2, -0.15) is 0 Å². The SMILES string of the molecule is NCCCCOC(=O)[C@H](O)CC(=O)O. The Morgan fingerprint density at radius 3 is 2.50 bits per heavy atom. The molecule has 0 heterocycles. The molecule has 0 aliphatic carbocycles. The molecule has 0 aliphatic rings. The molecule has 0 radical (unpaired) electrons. The van der Waals surface area contributed by atoms with Gasteiger partial charge in [0.1, 0.15) is 0 Å². The summed E-state index contributed by atoms with van der Waals surface area (Å²) in [6, 6.07) is 0. The van der Waals surface area contributed by atoms with E-state index < -0.39 is 24.5 Å². The molecule has 6 nitrogen and oxygen atoms in total. The number of carboxylic acids is 1. The number of hydrogen-bond donors (Lipinski definition) is 3. The number of unbranched alkanes of at least 4 members (excludes halogenated alkanes) is 1. The van der Waals surface area contributed by atoms with Crippen molar-refractivity contribution in [3.63, 3.8) is 0 Å². The van der Waals surface area contributed by atoms with Crippen molar-refractivity contribution < 1.29 is 24.5 Å². The van der Waals surface area contributed by atoms with Crippen LogP contribution in [0.25, 0.3) is 0 Å². The molecule has 6 heteroatoms. The van der Waals surface area contributed by atoms with Crippen LogP contribution in [-0.4, -0.2) is 41.4 Å². The van der Waals surface area contributed by atoms with E-state index in [1.54, 1.807) is 0 Å². The Balaban J connectivity index is 3.57. The third-order valence-corrected chi connectivity index (χ3v) is 1.48. The number of carbonyl (C=O) groups excluding carboxylic acids is 1. The lowest BCUT2D eigenvalue weighted by molar-refractivity contribution is -0.158. The maximum Gasteiger partial charge on any atom is 0.335 e. The van der Waals surface area contributed by atoms with E-state index in [1.165, 1.54) is 0 Å². The van der Waals surface area contributed by atoms with E-state index in [0.717, 1.165) is 6.42 Å². The van der Waals surface area contributed by atoms with E-state index in [1.807, 2.05) is 0 Å². The first-order chi connectivity index (χ1) is 6.57. The van der Waals surface area contributed by atoms with Crippen molar-refractivity contribution in [1.82, 2.24) is 0 Å². The second kappa shape index (κ2) is 7.28. The molecule has 0 rings (SSSR count). The Labute approximate surface area is 81.7 Å². The van der Waals surface area contributed by atoms with Gasteiger partial charge in [0.05, 0.1) is 13.0 Å². The van der Waals surface area contributed by atoms with Gasteiger partial charge in [-0.1, -0.05) is 0 Å². The summed E-state index contributed by atoms with van der Waals surface area (Å²) in [5.41, 5.74) is 5.20. The number of rotatable bonds is 7. The Morgan fingerprint density at radius 2 is 2.00 bits per heavy atom. The van der Waals surface area contributed by atoms with Crippen molar-refractivity contribution in [2.45, 2.75) is 25.4 Å². The number of carboxylic acid groups (broad SMARTS) is 1. The maximum atomic E-state index is 10.9. The fourth-order valence-electron chi connectivity index (χ4n) is 0.764. The molecule has 1 atom stereocenters. The van der Waals surface area contributed by atoms with Crippen LogP contribution in [0.4, 0.5) is 0 Å². The van der Waals surface area contributed by atoms with Gasteiger partial charge in [-0.25, -0.2) is 4.79 Å². The lowest BCUT2D eigenvalue weighted by atomic mass is 10.2. The van der Waals surface area contributed by atoms with E-state index in [-0.39, 0.29) is 6.61 Å². The molecule has 0 saturated carbocycles. The molecular weight excluding hydrogens is 190 g/mol. The van der Waals surface area contributed by atoms with Gasteiger partial charge in [-0.15, -0.1) is 0 Å². The van der Waals surface area contributed by atoms with E-state index in [0.29, 0.717) is 13.0 Å². The zero-order valence-electron chi connectivity index (χ0n) is 7.81. The van der Waals surface area contributed by atoms with E-state index in [9.17, 15) is 9.59 Å². The van der Waals surface area contributed by atoms with Crippen LogP contribution in [0.15, 0.2) is 0 Å².